The zero-order valence-corrected chi connectivity index (χ0v) is 11.3. The maximum absolute atomic E-state index is 12.0. The Morgan fingerprint density at radius 2 is 2.33 bits per heavy atom. The Labute approximate surface area is 108 Å². The number of ether oxygens (including phenoxy) is 1. The topological polar surface area (TPSA) is 73.4 Å². The van der Waals surface area contributed by atoms with Gasteiger partial charge in [0.25, 0.3) is 5.91 Å². The number of hydrogen-bond acceptors (Lipinski definition) is 4. The van der Waals surface area contributed by atoms with Gasteiger partial charge >= 0.3 is 0 Å². The van der Waals surface area contributed by atoms with E-state index in [1.54, 1.807) is 24.5 Å². The first kappa shape index (κ1) is 14.7. The van der Waals surface area contributed by atoms with Gasteiger partial charge in [-0.05, 0) is 13.8 Å². The summed E-state index contributed by atoms with van der Waals surface area (Å²) < 4.78 is 7.22. The second-order valence-electron chi connectivity index (χ2n) is 4.43. The van der Waals surface area contributed by atoms with Crippen molar-refractivity contribution in [1.82, 2.24) is 14.5 Å². The lowest BCUT2D eigenvalue weighted by Crippen LogP contribution is -2.31. The zero-order chi connectivity index (χ0) is 13.5. The Bertz CT molecular complexity index is 376. The van der Waals surface area contributed by atoms with Gasteiger partial charge in [-0.2, -0.15) is 0 Å². The third-order valence-electron chi connectivity index (χ3n) is 2.46. The average Bonchev–Trinajstić information content (AvgIpc) is 2.76. The molecule has 0 aliphatic rings. The molecule has 0 saturated heterocycles. The highest BCUT2D eigenvalue weighted by Gasteiger charge is 2.14. The summed E-state index contributed by atoms with van der Waals surface area (Å²) in [7, 11) is 1.74. The Kier molecular flexibility index (Phi) is 5.80. The number of carbonyl (C=O) groups excluding carboxylic acids is 1. The molecule has 0 unspecified atom stereocenters. The normalized spacial score (nSPS) is 10.9. The molecule has 0 aliphatic carbocycles. The molecule has 0 aliphatic heterocycles. The van der Waals surface area contributed by atoms with E-state index in [-0.39, 0.29) is 12.0 Å². The summed E-state index contributed by atoms with van der Waals surface area (Å²) in [5.74, 6) is -0.0990. The molecule has 1 amide bonds. The second-order valence-corrected chi connectivity index (χ2v) is 4.43. The van der Waals surface area contributed by atoms with E-state index in [1.165, 1.54) is 0 Å². The third-order valence-corrected chi connectivity index (χ3v) is 2.46. The maximum atomic E-state index is 12.0. The Morgan fingerprint density at radius 3 is 2.94 bits per heavy atom. The van der Waals surface area contributed by atoms with Crippen molar-refractivity contribution < 1.29 is 9.53 Å². The van der Waals surface area contributed by atoms with E-state index in [9.17, 15) is 4.79 Å². The molecule has 0 spiro atoms. The van der Waals surface area contributed by atoms with Crippen molar-refractivity contribution in [2.24, 2.45) is 5.73 Å². The molecule has 0 aromatic carbocycles. The molecule has 6 nitrogen and oxygen atoms in total. The highest BCUT2D eigenvalue weighted by molar-refractivity contribution is 5.91. The minimum atomic E-state index is -0.0990. The summed E-state index contributed by atoms with van der Waals surface area (Å²) in [6, 6.07) is 0. The zero-order valence-electron chi connectivity index (χ0n) is 11.3. The van der Waals surface area contributed by atoms with Gasteiger partial charge < -0.3 is 19.9 Å². The Hall–Kier alpha value is -1.40. The van der Waals surface area contributed by atoms with E-state index < -0.39 is 0 Å². The van der Waals surface area contributed by atoms with Crippen molar-refractivity contribution in [1.29, 1.82) is 0 Å². The van der Waals surface area contributed by atoms with Crippen molar-refractivity contribution in [3.8, 4) is 0 Å². The molecular weight excluding hydrogens is 232 g/mol. The van der Waals surface area contributed by atoms with Crippen molar-refractivity contribution in [2.45, 2.75) is 26.5 Å². The fraction of sp³-hybridized carbons (Fsp3) is 0.667. The largest absolute Gasteiger partial charge is 0.377 e. The number of hydrogen-bond donors (Lipinski definition) is 1. The molecule has 1 heterocycles. The van der Waals surface area contributed by atoms with E-state index in [1.807, 2.05) is 18.4 Å². The predicted octanol–water partition coefficient (Wildman–Crippen LogP) is 0.339. The van der Waals surface area contributed by atoms with Gasteiger partial charge in [-0.25, -0.2) is 4.98 Å². The van der Waals surface area contributed by atoms with Crippen molar-refractivity contribution in [3.05, 3.63) is 18.2 Å². The fourth-order valence-electron chi connectivity index (χ4n) is 1.46. The molecule has 2 N–H and O–H groups in total. The van der Waals surface area contributed by atoms with Gasteiger partial charge in [-0.1, -0.05) is 0 Å². The average molecular weight is 254 g/mol. The van der Waals surface area contributed by atoms with Gasteiger partial charge in [-0.3, -0.25) is 4.79 Å². The number of aromatic nitrogens is 2. The smallest absolute Gasteiger partial charge is 0.273 e. The van der Waals surface area contributed by atoms with Crippen molar-refractivity contribution in [3.63, 3.8) is 0 Å². The maximum Gasteiger partial charge on any atom is 0.273 e. The number of amides is 1. The summed E-state index contributed by atoms with van der Waals surface area (Å²) in [6.45, 7) is 6.22. The molecular formula is C12H22N4O2. The number of likely N-dealkylation sites (N-methyl/N-ethyl adjacent to an activating group) is 1. The van der Waals surface area contributed by atoms with Gasteiger partial charge in [0.2, 0.25) is 0 Å². The predicted molar refractivity (Wildman–Crippen MR) is 69.3 cm³/mol. The number of nitrogens with two attached hydrogens (primary N) is 1. The Morgan fingerprint density at radius 1 is 1.61 bits per heavy atom. The molecule has 1 rings (SSSR count). The molecule has 6 heteroatoms. The van der Waals surface area contributed by atoms with Crippen LogP contribution in [0.15, 0.2) is 12.5 Å². The lowest BCUT2D eigenvalue weighted by molar-refractivity contribution is 0.0529. The van der Waals surface area contributed by atoms with Crippen molar-refractivity contribution in [2.75, 3.05) is 26.7 Å². The van der Waals surface area contributed by atoms with Gasteiger partial charge in [0.1, 0.15) is 5.69 Å². The van der Waals surface area contributed by atoms with Crippen LogP contribution in [0.2, 0.25) is 0 Å². The van der Waals surface area contributed by atoms with E-state index in [0.29, 0.717) is 31.9 Å². The van der Waals surface area contributed by atoms with E-state index in [4.69, 9.17) is 10.5 Å². The monoisotopic (exact) mass is 254 g/mol. The number of rotatable bonds is 7. The molecule has 0 bridgehead atoms. The summed E-state index contributed by atoms with van der Waals surface area (Å²) in [5, 5.41) is 0. The highest BCUT2D eigenvalue weighted by Crippen LogP contribution is 2.01. The first-order chi connectivity index (χ1) is 8.54. The van der Waals surface area contributed by atoms with Crippen LogP contribution in [0.25, 0.3) is 0 Å². The highest BCUT2D eigenvalue weighted by atomic mass is 16.5. The van der Waals surface area contributed by atoms with Crippen LogP contribution in [0.5, 0.6) is 0 Å². The lowest BCUT2D eigenvalue weighted by Gasteiger charge is -2.16. The minimum Gasteiger partial charge on any atom is -0.377 e. The van der Waals surface area contributed by atoms with Crippen LogP contribution in [-0.2, 0) is 11.3 Å². The minimum absolute atomic E-state index is 0.0990. The number of carbonyl (C=O) groups is 1. The molecule has 102 valence electrons. The van der Waals surface area contributed by atoms with Gasteiger partial charge in [-0.15, -0.1) is 0 Å². The van der Waals surface area contributed by atoms with Gasteiger partial charge in [0.15, 0.2) is 0 Å². The van der Waals surface area contributed by atoms with Gasteiger partial charge in [0, 0.05) is 32.9 Å². The molecule has 0 fully saturated rings. The lowest BCUT2D eigenvalue weighted by atomic mass is 10.4. The fourth-order valence-corrected chi connectivity index (χ4v) is 1.46. The van der Waals surface area contributed by atoms with Crippen LogP contribution in [0.1, 0.15) is 24.3 Å². The van der Waals surface area contributed by atoms with E-state index in [2.05, 4.69) is 4.98 Å². The van der Waals surface area contributed by atoms with Crippen LogP contribution in [-0.4, -0.2) is 53.2 Å². The van der Waals surface area contributed by atoms with Crippen LogP contribution in [0, 0.1) is 0 Å². The number of nitrogens with zero attached hydrogens (tertiary/aromatic N) is 3. The van der Waals surface area contributed by atoms with Crippen LogP contribution in [0.4, 0.5) is 0 Å². The van der Waals surface area contributed by atoms with E-state index in [0.717, 1.165) is 0 Å². The number of imidazole rings is 1. The third kappa shape index (κ3) is 4.46. The van der Waals surface area contributed by atoms with E-state index >= 15 is 0 Å². The molecule has 18 heavy (non-hydrogen) atoms. The quantitative estimate of drug-likeness (QED) is 0.761. The SMILES string of the molecule is CC(C)OCCN(C)C(=O)c1cn(CCN)cn1. The first-order valence-electron chi connectivity index (χ1n) is 6.13. The molecule has 0 radical (unpaired) electrons. The standard InChI is InChI=1S/C12H22N4O2/c1-10(2)18-7-6-15(3)12(17)11-8-16(5-4-13)9-14-11/h8-10H,4-7,13H2,1-3H3. The summed E-state index contributed by atoms with van der Waals surface area (Å²) in [4.78, 5) is 17.7. The summed E-state index contributed by atoms with van der Waals surface area (Å²) in [5.41, 5.74) is 5.88. The summed E-state index contributed by atoms with van der Waals surface area (Å²) >= 11 is 0. The Balaban J connectivity index is 2.46. The molecule has 0 atom stereocenters. The molecule has 1 aromatic rings. The van der Waals surface area contributed by atoms with Crippen molar-refractivity contribution >= 4 is 5.91 Å². The summed E-state index contributed by atoms with van der Waals surface area (Å²) in [6.07, 6.45) is 3.52. The molecule has 1 aromatic heterocycles. The molecule has 0 saturated carbocycles. The van der Waals surface area contributed by atoms with Crippen LogP contribution in [0.3, 0.4) is 0 Å². The second kappa shape index (κ2) is 7.13. The van der Waals surface area contributed by atoms with Gasteiger partial charge in [0.05, 0.1) is 19.0 Å². The first-order valence-corrected chi connectivity index (χ1v) is 6.13. The van der Waals surface area contributed by atoms with Crippen LogP contribution < -0.4 is 5.73 Å². The van der Waals surface area contributed by atoms with Crippen LogP contribution >= 0.6 is 0 Å².